The van der Waals surface area contributed by atoms with Crippen LogP contribution < -0.4 is 5.32 Å². The summed E-state index contributed by atoms with van der Waals surface area (Å²) in [7, 11) is 0. The molecule has 1 aliphatic rings. The van der Waals surface area contributed by atoms with Crippen molar-refractivity contribution in [3.05, 3.63) is 24.0 Å². The summed E-state index contributed by atoms with van der Waals surface area (Å²) in [6.45, 7) is 0.361. The fourth-order valence-electron chi connectivity index (χ4n) is 1.71. The Labute approximate surface area is 98.8 Å². The largest absolute Gasteiger partial charge is 0.387 e. The van der Waals surface area contributed by atoms with E-state index in [2.05, 4.69) is 10.3 Å². The van der Waals surface area contributed by atoms with Gasteiger partial charge in [0.25, 0.3) is 0 Å². The van der Waals surface area contributed by atoms with Crippen molar-refractivity contribution >= 4 is 17.7 Å². The number of aromatic nitrogens is 1. The molecular formula is C11H16N2O2S. The number of aromatic amines is 1. The van der Waals surface area contributed by atoms with E-state index in [4.69, 9.17) is 0 Å². The lowest BCUT2D eigenvalue weighted by Crippen LogP contribution is -2.43. The van der Waals surface area contributed by atoms with Gasteiger partial charge in [-0.3, -0.25) is 4.79 Å². The molecule has 0 bridgehead atoms. The van der Waals surface area contributed by atoms with Crippen LogP contribution >= 0.6 is 11.8 Å². The number of carbonyl (C=O) groups excluding carboxylic acids is 1. The van der Waals surface area contributed by atoms with Gasteiger partial charge in [-0.25, -0.2) is 0 Å². The molecule has 1 fully saturated rings. The lowest BCUT2D eigenvalue weighted by atomic mass is 10.0. The van der Waals surface area contributed by atoms with Crippen LogP contribution in [0.5, 0.6) is 0 Å². The zero-order valence-electron chi connectivity index (χ0n) is 9.03. The number of aliphatic hydroxyl groups is 1. The van der Waals surface area contributed by atoms with Crippen molar-refractivity contribution in [2.75, 3.05) is 18.1 Å². The number of nitrogens with one attached hydrogen (secondary N) is 2. The van der Waals surface area contributed by atoms with E-state index >= 15 is 0 Å². The molecule has 2 rings (SSSR count). The third-order valence-corrected chi connectivity index (χ3v) is 3.94. The summed E-state index contributed by atoms with van der Waals surface area (Å²) in [6.07, 6.45) is 2.90. The molecule has 5 heteroatoms. The quantitative estimate of drug-likeness (QED) is 0.720. The molecule has 1 saturated heterocycles. The third kappa shape index (κ3) is 3.02. The summed E-state index contributed by atoms with van der Waals surface area (Å²) in [5, 5.41) is 12.8. The Hall–Kier alpha value is -0.940. The van der Waals surface area contributed by atoms with Crippen molar-refractivity contribution in [2.45, 2.75) is 18.4 Å². The van der Waals surface area contributed by atoms with Gasteiger partial charge in [0.1, 0.15) is 0 Å². The van der Waals surface area contributed by atoms with Crippen molar-refractivity contribution in [3.63, 3.8) is 0 Å². The van der Waals surface area contributed by atoms with Crippen LogP contribution in [-0.2, 0) is 11.2 Å². The fourth-order valence-corrected chi connectivity index (χ4v) is 3.01. The van der Waals surface area contributed by atoms with Gasteiger partial charge < -0.3 is 15.4 Å². The molecule has 0 saturated carbocycles. The van der Waals surface area contributed by atoms with Gasteiger partial charge in [-0.2, -0.15) is 11.8 Å². The minimum Gasteiger partial charge on any atom is -0.387 e. The SMILES string of the molecule is O=C(Cc1ccc[nH]1)NCC1(O)CCSC1. The molecule has 1 aromatic rings. The van der Waals surface area contributed by atoms with Crippen LogP contribution in [-0.4, -0.2) is 39.6 Å². The number of hydrogen-bond acceptors (Lipinski definition) is 3. The molecule has 1 aliphatic heterocycles. The first-order chi connectivity index (χ1) is 7.68. The number of rotatable bonds is 4. The number of hydrogen-bond donors (Lipinski definition) is 3. The number of amides is 1. The second-order valence-electron chi connectivity index (χ2n) is 4.18. The highest BCUT2D eigenvalue weighted by atomic mass is 32.2. The summed E-state index contributed by atoms with van der Waals surface area (Å²) >= 11 is 1.73. The topological polar surface area (TPSA) is 65.1 Å². The normalized spacial score (nSPS) is 24.6. The molecule has 1 amide bonds. The lowest BCUT2D eigenvalue weighted by Gasteiger charge is -2.21. The van der Waals surface area contributed by atoms with Gasteiger partial charge in [0.15, 0.2) is 0 Å². The monoisotopic (exact) mass is 240 g/mol. The maximum atomic E-state index is 11.6. The predicted molar refractivity (Wildman–Crippen MR) is 64.4 cm³/mol. The van der Waals surface area contributed by atoms with Crippen molar-refractivity contribution < 1.29 is 9.90 Å². The molecule has 3 N–H and O–H groups in total. The van der Waals surface area contributed by atoms with Gasteiger partial charge in [0.2, 0.25) is 5.91 Å². The van der Waals surface area contributed by atoms with Crippen LogP contribution in [0.3, 0.4) is 0 Å². The van der Waals surface area contributed by atoms with Crippen LogP contribution in [0.4, 0.5) is 0 Å². The number of H-pyrrole nitrogens is 1. The van der Waals surface area contributed by atoms with Gasteiger partial charge in [0, 0.05) is 24.2 Å². The maximum Gasteiger partial charge on any atom is 0.226 e. The fraction of sp³-hybridized carbons (Fsp3) is 0.545. The van der Waals surface area contributed by atoms with Crippen molar-refractivity contribution in [2.24, 2.45) is 0 Å². The molecule has 2 heterocycles. The first-order valence-corrected chi connectivity index (χ1v) is 6.53. The number of thioether (sulfide) groups is 1. The van der Waals surface area contributed by atoms with Crippen LogP contribution in [0.2, 0.25) is 0 Å². The Morgan fingerprint density at radius 3 is 3.19 bits per heavy atom. The summed E-state index contributed by atoms with van der Waals surface area (Å²) < 4.78 is 0. The molecule has 1 unspecified atom stereocenters. The van der Waals surface area contributed by atoms with Gasteiger partial charge >= 0.3 is 0 Å². The third-order valence-electron chi connectivity index (χ3n) is 2.71. The highest BCUT2D eigenvalue weighted by Gasteiger charge is 2.31. The zero-order valence-corrected chi connectivity index (χ0v) is 9.85. The molecule has 1 aromatic heterocycles. The second kappa shape index (κ2) is 4.93. The van der Waals surface area contributed by atoms with Gasteiger partial charge in [0.05, 0.1) is 12.0 Å². The van der Waals surface area contributed by atoms with E-state index in [1.165, 1.54) is 0 Å². The maximum absolute atomic E-state index is 11.6. The van der Waals surface area contributed by atoms with Crippen molar-refractivity contribution in [3.8, 4) is 0 Å². The predicted octanol–water partition coefficient (Wildman–Crippen LogP) is 0.541. The average Bonchev–Trinajstić information content (AvgIpc) is 2.88. The molecule has 4 nitrogen and oxygen atoms in total. The van der Waals surface area contributed by atoms with Gasteiger partial charge in [-0.15, -0.1) is 0 Å². The van der Waals surface area contributed by atoms with Crippen LogP contribution in [0.1, 0.15) is 12.1 Å². The van der Waals surface area contributed by atoms with Crippen molar-refractivity contribution in [1.29, 1.82) is 0 Å². The molecule has 88 valence electrons. The van der Waals surface area contributed by atoms with Crippen LogP contribution in [0, 0.1) is 0 Å². The standard InChI is InChI=1S/C11H16N2O2S/c14-10(6-9-2-1-4-12-9)13-7-11(15)3-5-16-8-11/h1-2,4,12,15H,3,5-8H2,(H,13,14). The van der Waals surface area contributed by atoms with Crippen molar-refractivity contribution in [1.82, 2.24) is 10.3 Å². The minimum atomic E-state index is -0.698. The van der Waals surface area contributed by atoms with Gasteiger partial charge in [-0.1, -0.05) is 0 Å². The Kier molecular flexibility index (Phi) is 3.56. The molecule has 1 atom stereocenters. The highest BCUT2D eigenvalue weighted by Crippen LogP contribution is 2.26. The van der Waals surface area contributed by atoms with E-state index in [1.54, 1.807) is 18.0 Å². The molecule has 0 spiro atoms. The lowest BCUT2D eigenvalue weighted by molar-refractivity contribution is -0.121. The minimum absolute atomic E-state index is 0.0484. The summed E-state index contributed by atoms with van der Waals surface area (Å²) in [5.41, 5.74) is 0.195. The Morgan fingerprint density at radius 1 is 1.69 bits per heavy atom. The van der Waals surface area contributed by atoms with Crippen LogP contribution in [0.25, 0.3) is 0 Å². The Morgan fingerprint density at radius 2 is 2.56 bits per heavy atom. The molecule has 0 aliphatic carbocycles. The molecule has 0 radical (unpaired) electrons. The molecule has 0 aromatic carbocycles. The first kappa shape index (κ1) is 11.5. The molecular weight excluding hydrogens is 224 g/mol. The Balaban J connectivity index is 1.75. The average molecular weight is 240 g/mol. The summed E-state index contributed by atoms with van der Waals surface area (Å²) in [6, 6.07) is 3.74. The second-order valence-corrected chi connectivity index (χ2v) is 5.28. The summed E-state index contributed by atoms with van der Waals surface area (Å²) in [5.74, 6) is 1.64. The molecule has 16 heavy (non-hydrogen) atoms. The van der Waals surface area contributed by atoms with E-state index < -0.39 is 5.60 Å². The van der Waals surface area contributed by atoms with E-state index in [1.807, 2.05) is 12.1 Å². The van der Waals surface area contributed by atoms with Gasteiger partial charge in [-0.05, 0) is 24.3 Å². The van der Waals surface area contributed by atoms with E-state index in [-0.39, 0.29) is 5.91 Å². The number of carbonyl (C=O) groups is 1. The van der Waals surface area contributed by atoms with Crippen LogP contribution in [0.15, 0.2) is 18.3 Å². The van der Waals surface area contributed by atoms with E-state index in [9.17, 15) is 9.90 Å². The van der Waals surface area contributed by atoms with E-state index in [0.717, 1.165) is 23.6 Å². The first-order valence-electron chi connectivity index (χ1n) is 5.37. The Bertz CT molecular complexity index is 345. The highest BCUT2D eigenvalue weighted by molar-refractivity contribution is 7.99. The summed E-state index contributed by atoms with van der Waals surface area (Å²) in [4.78, 5) is 14.5. The smallest absolute Gasteiger partial charge is 0.226 e. The zero-order chi connectivity index (χ0) is 11.4. The van der Waals surface area contributed by atoms with E-state index in [0.29, 0.717) is 13.0 Å².